The molecule has 2 N–H and O–H groups in total. The molecular weight excluding hydrogens is 321 g/mol. The van der Waals surface area contributed by atoms with E-state index in [0.29, 0.717) is 16.6 Å². The summed E-state index contributed by atoms with van der Waals surface area (Å²) in [6.07, 6.45) is 0. The van der Waals surface area contributed by atoms with Crippen LogP contribution < -0.4 is 5.48 Å². The fraction of sp³-hybridized carbons (Fsp3) is 0.0769. The van der Waals surface area contributed by atoms with E-state index in [1.165, 1.54) is 21.6 Å². The molecule has 0 atom stereocenters. The van der Waals surface area contributed by atoms with Crippen LogP contribution in [0, 0.1) is 0 Å². The number of alkyl halides is 1. The molecule has 0 aromatic heterocycles. The van der Waals surface area contributed by atoms with E-state index < -0.39 is 0 Å². The first-order chi connectivity index (χ1) is 9.26. The van der Waals surface area contributed by atoms with Gasteiger partial charge in [-0.05, 0) is 23.8 Å². The number of hydrogen-bond donors (Lipinski definition) is 2. The van der Waals surface area contributed by atoms with Crippen LogP contribution in [-0.4, -0.2) is 5.21 Å². The summed E-state index contributed by atoms with van der Waals surface area (Å²) in [6, 6.07) is 13.2. The van der Waals surface area contributed by atoms with Gasteiger partial charge in [-0.15, -0.1) is 11.6 Å². The zero-order valence-electron chi connectivity index (χ0n) is 9.77. The molecule has 2 rings (SSSR count). The lowest BCUT2D eigenvalue weighted by atomic mass is 10.2. The lowest BCUT2D eigenvalue weighted by molar-refractivity contribution is 0.387. The summed E-state index contributed by atoms with van der Waals surface area (Å²) < 4.78 is 0. The SMILES string of the molecule is ONc1ccccc1SSc1c(Cl)cccc1CCl. The molecule has 2 nitrogen and oxygen atoms in total. The standard InChI is InChI=1S/C13H11Cl2NOS2/c14-8-9-4-3-5-10(15)13(9)19-18-12-7-2-1-6-11(12)16-17/h1-7,16-17H,8H2. The Bertz CT molecular complexity index is 566. The molecule has 2 aromatic rings. The monoisotopic (exact) mass is 331 g/mol. The fourth-order valence-electron chi connectivity index (χ4n) is 1.47. The third kappa shape index (κ3) is 3.74. The maximum absolute atomic E-state index is 9.05. The second kappa shape index (κ2) is 7.31. The van der Waals surface area contributed by atoms with Crippen molar-refractivity contribution >= 4 is 50.5 Å². The minimum Gasteiger partial charge on any atom is -0.291 e. The normalized spacial score (nSPS) is 10.5. The number of halogens is 2. The Labute approximate surface area is 129 Å². The van der Waals surface area contributed by atoms with E-state index in [1.807, 2.05) is 36.4 Å². The van der Waals surface area contributed by atoms with Gasteiger partial charge >= 0.3 is 0 Å². The fourth-order valence-corrected chi connectivity index (χ4v) is 4.67. The second-order valence-corrected chi connectivity index (χ2v) is 6.49. The molecule has 0 radical (unpaired) electrons. The van der Waals surface area contributed by atoms with Crippen molar-refractivity contribution in [1.29, 1.82) is 0 Å². The van der Waals surface area contributed by atoms with Crippen LogP contribution in [0.3, 0.4) is 0 Å². The predicted octanol–water partition coefficient (Wildman–Crippen LogP) is 5.68. The molecule has 0 saturated carbocycles. The molecule has 19 heavy (non-hydrogen) atoms. The van der Waals surface area contributed by atoms with Crippen LogP contribution in [0.15, 0.2) is 52.3 Å². The molecule has 0 unspecified atom stereocenters. The van der Waals surface area contributed by atoms with Crippen molar-refractivity contribution in [3.63, 3.8) is 0 Å². The number of rotatable bonds is 5. The van der Waals surface area contributed by atoms with Crippen molar-refractivity contribution in [2.75, 3.05) is 5.48 Å². The smallest absolute Gasteiger partial charge is 0.0746 e. The van der Waals surface area contributed by atoms with Gasteiger partial charge in [0.15, 0.2) is 0 Å². The molecule has 0 aliphatic rings. The van der Waals surface area contributed by atoms with E-state index in [4.69, 9.17) is 28.4 Å². The summed E-state index contributed by atoms with van der Waals surface area (Å²) in [5.74, 6) is 0.420. The summed E-state index contributed by atoms with van der Waals surface area (Å²) in [6.45, 7) is 0. The highest BCUT2D eigenvalue weighted by molar-refractivity contribution is 8.76. The maximum atomic E-state index is 9.05. The first kappa shape index (κ1) is 14.9. The Morgan fingerprint density at radius 3 is 2.58 bits per heavy atom. The van der Waals surface area contributed by atoms with Crippen LogP contribution in [-0.2, 0) is 5.88 Å². The number of para-hydroxylation sites is 1. The van der Waals surface area contributed by atoms with E-state index in [0.717, 1.165) is 15.4 Å². The first-order valence-corrected chi connectivity index (χ1v) is 8.49. The first-order valence-electron chi connectivity index (χ1n) is 5.43. The lowest BCUT2D eigenvalue weighted by Crippen LogP contribution is -1.90. The minimum atomic E-state index is 0.420. The zero-order chi connectivity index (χ0) is 13.7. The summed E-state index contributed by atoms with van der Waals surface area (Å²) in [5, 5.41) is 9.74. The average Bonchev–Trinajstić information content (AvgIpc) is 2.46. The summed E-state index contributed by atoms with van der Waals surface area (Å²) in [5.41, 5.74) is 3.85. The Hall–Kier alpha value is -0.520. The van der Waals surface area contributed by atoms with Crippen LogP contribution in [0.2, 0.25) is 5.02 Å². The molecule has 6 heteroatoms. The molecule has 0 fully saturated rings. The third-order valence-corrected chi connectivity index (χ3v) is 5.69. The van der Waals surface area contributed by atoms with Crippen LogP contribution in [0.4, 0.5) is 5.69 Å². The number of anilines is 1. The largest absolute Gasteiger partial charge is 0.291 e. The number of nitrogens with one attached hydrogen (secondary N) is 1. The van der Waals surface area contributed by atoms with Crippen molar-refractivity contribution in [3.05, 3.63) is 53.1 Å². The summed E-state index contributed by atoms with van der Waals surface area (Å²) in [7, 11) is 3.05. The quantitative estimate of drug-likeness (QED) is 0.419. The molecule has 0 amide bonds. The molecule has 0 aliphatic carbocycles. The summed E-state index contributed by atoms with van der Waals surface area (Å²) >= 11 is 12.1. The minimum absolute atomic E-state index is 0.420. The third-order valence-electron chi connectivity index (χ3n) is 2.41. The molecule has 2 aromatic carbocycles. The Morgan fingerprint density at radius 2 is 1.84 bits per heavy atom. The molecule has 0 saturated heterocycles. The number of benzene rings is 2. The number of hydrogen-bond acceptors (Lipinski definition) is 4. The molecule has 0 heterocycles. The van der Waals surface area contributed by atoms with E-state index in [1.54, 1.807) is 6.07 Å². The highest BCUT2D eigenvalue weighted by atomic mass is 35.5. The van der Waals surface area contributed by atoms with Crippen molar-refractivity contribution in [3.8, 4) is 0 Å². The van der Waals surface area contributed by atoms with Crippen LogP contribution >= 0.6 is 44.8 Å². The van der Waals surface area contributed by atoms with Gasteiger partial charge in [-0.2, -0.15) is 0 Å². The van der Waals surface area contributed by atoms with Gasteiger partial charge in [0, 0.05) is 15.7 Å². The average molecular weight is 332 g/mol. The topological polar surface area (TPSA) is 32.3 Å². The lowest BCUT2D eigenvalue weighted by Gasteiger charge is -2.10. The summed E-state index contributed by atoms with van der Waals surface area (Å²) in [4.78, 5) is 1.88. The van der Waals surface area contributed by atoms with Gasteiger partial charge in [0.2, 0.25) is 0 Å². The Morgan fingerprint density at radius 1 is 1.05 bits per heavy atom. The van der Waals surface area contributed by atoms with Gasteiger partial charge in [0.1, 0.15) is 0 Å². The highest BCUT2D eigenvalue weighted by Crippen LogP contribution is 2.44. The van der Waals surface area contributed by atoms with Crippen LogP contribution in [0.1, 0.15) is 5.56 Å². The van der Waals surface area contributed by atoms with Gasteiger partial charge in [0.05, 0.1) is 10.7 Å². The molecular formula is C13H11Cl2NOS2. The molecule has 100 valence electrons. The van der Waals surface area contributed by atoms with Crippen molar-refractivity contribution < 1.29 is 5.21 Å². The van der Waals surface area contributed by atoms with Gasteiger partial charge in [-0.25, -0.2) is 0 Å². The predicted molar refractivity (Wildman–Crippen MR) is 84.6 cm³/mol. The van der Waals surface area contributed by atoms with Crippen LogP contribution in [0.25, 0.3) is 0 Å². The molecule has 0 bridgehead atoms. The van der Waals surface area contributed by atoms with Crippen molar-refractivity contribution in [1.82, 2.24) is 0 Å². The molecule has 0 aliphatic heterocycles. The van der Waals surface area contributed by atoms with E-state index >= 15 is 0 Å². The Balaban J connectivity index is 2.19. The second-order valence-electron chi connectivity index (χ2n) is 3.64. The van der Waals surface area contributed by atoms with Crippen molar-refractivity contribution in [2.24, 2.45) is 0 Å². The maximum Gasteiger partial charge on any atom is 0.0746 e. The van der Waals surface area contributed by atoms with Gasteiger partial charge in [-0.3, -0.25) is 10.7 Å². The highest BCUT2D eigenvalue weighted by Gasteiger charge is 2.09. The van der Waals surface area contributed by atoms with Crippen molar-refractivity contribution in [2.45, 2.75) is 15.7 Å². The Kier molecular flexibility index (Phi) is 5.73. The van der Waals surface area contributed by atoms with Gasteiger partial charge in [0.25, 0.3) is 0 Å². The van der Waals surface area contributed by atoms with Gasteiger partial charge < -0.3 is 0 Å². The van der Waals surface area contributed by atoms with E-state index in [2.05, 4.69) is 5.48 Å². The molecule has 0 spiro atoms. The zero-order valence-corrected chi connectivity index (χ0v) is 12.9. The van der Waals surface area contributed by atoms with E-state index in [-0.39, 0.29) is 0 Å². The van der Waals surface area contributed by atoms with E-state index in [9.17, 15) is 0 Å². The van der Waals surface area contributed by atoms with Gasteiger partial charge in [-0.1, -0.05) is 57.5 Å². The van der Waals surface area contributed by atoms with Crippen LogP contribution in [0.5, 0.6) is 0 Å².